The van der Waals surface area contributed by atoms with Crippen LogP contribution in [0, 0.1) is 6.92 Å². The fourth-order valence-corrected chi connectivity index (χ4v) is 5.44. The van der Waals surface area contributed by atoms with Gasteiger partial charge in [-0.3, -0.25) is 4.79 Å². The second kappa shape index (κ2) is 5.45. The van der Waals surface area contributed by atoms with Crippen LogP contribution in [0.25, 0.3) is 0 Å². The molecule has 0 saturated heterocycles. The van der Waals surface area contributed by atoms with Crippen molar-refractivity contribution in [2.45, 2.75) is 23.6 Å². The molecule has 0 bridgehead atoms. The fraction of sp³-hybridized carbons (Fsp3) is 0.286. The van der Waals surface area contributed by atoms with Gasteiger partial charge in [-0.05, 0) is 24.5 Å². The molecule has 6 nitrogen and oxygen atoms in total. The number of fused-ring (bicyclic) bond motifs is 1. The van der Waals surface area contributed by atoms with Crippen molar-refractivity contribution < 1.29 is 18.3 Å². The van der Waals surface area contributed by atoms with E-state index in [9.17, 15) is 18.3 Å². The molecule has 1 aliphatic rings. The zero-order valence-electron chi connectivity index (χ0n) is 11.8. The van der Waals surface area contributed by atoms with E-state index in [-0.39, 0.29) is 10.8 Å². The number of nitrogens with zero attached hydrogens (tertiary/aromatic N) is 2. The molecular weight excluding hydrogens is 324 g/mol. The van der Waals surface area contributed by atoms with Crippen molar-refractivity contribution in [3.05, 3.63) is 46.6 Å². The number of hydrogen-bond acceptors (Lipinski definition) is 5. The Labute approximate surface area is 132 Å². The van der Waals surface area contributed by atoms with Crippen LogP contribution >= 0.6 is 11.3 Å². The van der Waals surface area contributed by atoms with Crippen LogP contribution in [0.3, 0.4) is 0 Å². The van der Waals surface area contributed by atoms with Gasteiger partial charge in [0.1, 0.15) is 6.04 Å². The Kier molecular flexibility index (Phi) is 3.75. The molecule has 0 amide bonds. The van der Waals surface area contributed by atoms with E-state index in [0.29, 0.717) is 17.0 Å². The maximum atomic E-state index is 12.8. The summed E-state index contributed by atoms with van der Waals surface area (Å²) in [7, 11) is -3.87. The van der Waals surface area contributed by atoms with Gasteiger partial charge in [0.2, 0.25) is 0 Å². The Morgan fingerprint density at radius 3 is 2.77 bits per heavy atom. The minimum atomic E-state index is -3.87. The third kappa shape index (κ3) is 2.43. The minimum absolute atomic E-state index is 0.0793. The standard InChI is InChI=1S/C14H14N2O4S2/c1-9-15-8-12(21-9)22(19,20)16-7-6-10-4-2-3-5-11(10)13(16)14(17)18/h2-5,8,13H,6-7H2,1H3,(H,17,18). The molecule has 2 aromatic rings. The highest BCUT2D eigenvalue weighted by molar-refractivity contribution is 7.91. The quantitative estimate of drug-likeness (QED) is 0.922. The molecule has 0 spiro atoms. The maximum Gasteiger partial charge on any atom is 0.326 e. The summed E-state index contributed by atoms with van der Waals surface area (Å²) in [6.45, 7) is 1.86. The summed E-state index contributed by atoms with van der Waals surface area (Å²) >= 11 is 1.05. The lowest BCUT2D eigenvalue weighted by atomic mass is 9.94. The SMILES string of the molecule is Cc1ncc(S(=O)(=O)N2CCc3ccccc3C2C(=O)O)s1. The molecule has 1 N–H and O–H groups in total. The summed E-state index contributed by atoms with van der Waals surface area (Å²) < 4.78 is 26.7. The van der Waals surface area contributed by atoms with Gasteiger partial charge < -0.3 is 5.11 Å². The molecular formula is C14H14N2O4S2. The lowest BCUT2D eigenvalue weighted by molar-refractivity contribution is -0.142. The number of aliphatic carboxylic acids is 1. The molecule has 1 aromatic heterocycles. The lowest BCUT2D eigenvalue weighted by Crippen LogP contribution is -2.43. The number of rotatable bonds is 3. The van der Waals surface area contributed by atoms with Crippen molar-refractivity contribution in [2.24, 2.45) is 0 Å². The van der Waals surface area contributed by atoms with Crippen molar-refractivity contribution in [3.63, 3.8) is 0 Å². The van der Waals surface area contributed by atoms with Crippen LogP contribution < -0.4 is 0 Å². The van der Waals surface area contributed by atoms with Gasteiger partial charge in [-0.15, -0.1) is 11.3 Å². The number of hydrogen-bond donors (Lipinski definition) is 1. The normalized spacial score (nSPS) is 18.9. The Morgan fingerprint density at radius 2 is 2.14 bits per heavy atom. The number of thiazole rings is 1. The number of carbonyl (C=O) groups is 1. The highest BCUT2D eigenvalue weighted by atomic mass is 32.2. The average molecular weight is 338 g/mol. The second-order valence-electron chi connectivity index (χ2n) is 5.00. The van der Waals surface area contributed by atoms with Gasteiger partial charge in [-0.2, -0.15) is 4.31 Å². The minimum Gasteiger partial charge on any atom is -0.480 e. The molecule has 3 rings (SSSR count). The van der Waals surface area contributed by atoms with Gasteiger partial charge >= 0.3 is 5.97 Å². The smallest absolute Gasteiger partial charge is 0.326 e. The first-order valence-electron chi connectivity index (χ1n) is 6.66. The van der Waals surface area contributed by atoms with Crippen LogP contribution in [0.5, 0.6) is 0 Å². The van der Waals surface area contributed by atoms with E-state index in [1.54, 1.807) is 19.1 Å². The molecule has 116 valence electrons. The molecule has 22 heavy (non-hydrogen) atoms. The summed E-state index contributed by atoms with van der Waals surface area (Å²) in [5.41, 5.74) is 1.41. The van der Waals surface area contributed by atoms with Crippen LogP contribution in [0.1, 0.15) is 22.2 Å². The molecule has 2 heterocycles. The number of carboxylic acid groups (broad SMARTS) is 1. The van der Waals surface area contributed by atoms with E-state index >= 15 is 0 Å². The first kappa shape index (κ1) is 15.1. The van der Waals surface area contributed by atoms with Crippen molar-refractivity contribution >= 4 is 27.3 Å². The summed E-state index contributed by atoms with van der Waals surface area (Å²) in [5, 5.41) is 10.2. The number of benzene rings is 1. The topological polar surface area (TPSA) is 87.6 Å². The number of aromatic nitrogens is 1. The molecule has 1 aromatic carbocycles. The van der Waals surface area contributed by atoms with Gasteiger partial charge in [0, 0.05) is 6.54 Å². The van der Waals surface area contributed by atoms with Crippen molar-refractivity contribution in [3.8, 4) is 0 Å². The van der Waals surface area contributed by atoms with Crippen molar-refractivity contribution in [2.75, 3.05) is 6.54 Å². The van der Waals surface area contributed by atoms with Crippen LogP contribution in [-0.2, 0) is 21.2 Å². The van der Waals surface area contributed by atoms with Crippen molar-refractivity contribution in [1.29, 1.82) is 0 Å². The fourth-order valence-electron chi connectivity index (χ4n) is 2.64. The Bertz CT molecular complexity index is 829. The zero-order valence-corrected chi connectivity index (χ0v) is 13.4. The van der Waals surface area contributed by atoms with Crippen LogP contribution in [0.4, 0.5) is 0 Å². The highest BCUT2D eigenvalue weighted by Crippen LogP contribution is 2.35. The first-order chi connectivity index (χ1) is 10.4. The van der Waals surface area contributed by atoms with Crippen LogP contribution in [0.15, 0.2) is 34.7 Å². The molecule has 0 aliphatic carbocycles. The van der Waals surface area contributed by atoms with Gasteiger partial charge in [0.05, 0.1) is 11.2 Å². The van der Waals surface area contributed by atoms with E-state index < -0.39 is 22.0 Å². The van der Waals surface area contributed by atoms with E-state index in [4.69, 9.17) is 0 Å². The maximum absolute atomic E-state index is 12.8. The Balaban J connectivity index is 2.09. The second-order valence-corrected chi connectivity index (χ2v) is 8.36. The number of sulfonamides is 1. The molecule has 8 heteroatoms. The zero-order chi connectivity index (χ0) is 15.9. The van der Waals surface area contributed by atoms with Crippen molar-refractivity contribution in [1.82, 2.24) is 9.29 Å². The van der Waals surface area contributed by atoms with Gasteiger partial charge in [-0.25, -0.2) is 13.4 Å². The summed E-state index contributed by atoms with van der Waals surface area (Å²) in [5.74, 6) is -1.17. The first-order valence-corrected chi connectivity index (χ1v) is 8.92. The summed E-state index contributed by atoms with van der Waals surface area (Å²) in [6, 6.07) is 5.87. The lowest BCUT2D eigenvalue weighted by Gasteiger charge is -2.33. The number of aryl methyl sites for hydroxylation is 1. The number of carboxylic acids is 1. The Morgan fingerprint density at radius 1 is 1.41 bits per heavy atom. The largest absolute Gasteiger partial charge is 0.480 e. The predicted molar refractivity (Wildman–Crippen MR) is 81.3 cm³/mol. The van der Waals surface area contributed by atoms with Crippen LogP contribution in [0.2, 0.25) is 0 Å². The van der Waals surface area contributed by atoms with Gasteiger partial charge in [0.25, 0.3) is 10.0 Å². The van der Waals surface area contributed by atoms with E-state index in [1.807, 2.05) is 12.1 Å². The van der Waals surface area contributed by atoms with E-state index in [0.717, 1.165) is 21.2 Å². The molecule has 0 fully saturated rings. The molecule has 0 radical (unpaired) electrons. The third-order valence-electron chi connectivity index (χ3n) is 3.64. The van der Waals surface area contributed by atoms with Gasteiger partial charge in [0.15, 0.2) is 4.21 Å². The van der Waals surface area contributed by atoms with Gasteiger partial charge in [-0.1, -0.05) is 24.3 Å². The monoisotopic (exact) mass is 338 g/mol. The Hall–Kier alpha value is -1.77. The summed E-state index contributed by atoms with van der Waals surface area (Å²) in [4.78, 5) is 15.6. The molecule has 1 atom stereocenters. The predicted octanol–water partition coefficient (Wildman–Crippen LogP) is 1.82. The summed E-state index contributed by atoms with van der Waals surface area (Å²) in [6.07, 6.45) is 1.78. The van der Waals surface area contributed by atoms with Crippen LogP contribution in [-0.4, -0.2) is 35.3 Å². The van der Waals surface area contributed by atoms with E-state index in [1.165, 1.54) is 6.20 Å². The third-order valence-corrected chi connectivity index (χ3v) is 6.85. The molecule has 1 unspecified atom stereocenters. The van der Waals surface area contributed by atoms with E-state index in [2.05, 4.69) is 4.98 Å². The average Bonchev–Trinajstić information content (AvgIpc) is 2.93. The molecule has 0 saturated carbocycles. The molecule has 1 aliphatic heterocycles. The highest BCUT2D eigenvalue weighted by Gasteiger charge is 2.41.